The third kappa shape index (κ3) is 5.54. The highest BCUT2D eigenvalue weighted by molar-refractivity contribution is 5.86. The molecule has 0 aromatic rings. The van der Waals surface area contributed by atoms with Crippen LogP contribution in [0.5, 0.6) is 0 Å². The van der Waals surface area contributed by atoms with Gasteiger partial charge in [0.15, 0.2) is 0 Å². The smallest absolute Gasteiger partial charge is 0.335 e. The van der Waals surface area contributed by atoms with Crippen LogP contribution in [0.2, 0.25) is 0 Å². The van der Waals surface area contributed by atoms with Gasteiger partial charge in [-0.3, -0.25) is 0 Å². The first-order valence-corrected chi connectivity index (χ1v) is 4.59. The molecule has 80 valence electrons. The van der Waals surface area contributed by atoms with Gasteiger partial charge in [0.1, 0.15) is 0 Å². The van der Waals surface area contributed by atoms with E-state index in [1.54, 1.807) is 6.92 Å². The van der Waals surface area contributed by atoms with Gasteiger partial charge in [0.25, 0.3) is 0 Å². The highest BCUT2D eigenvalue weighted by Crippen LogP contribution is 2.05. The van der Waals surface area contributed by atoms with Gasteiger partial charge in [-0.2, -0.15) is 0 Å². The van der Waals surface area contributed by atoms with Gasteiger partial charge in [-0.15, -0.1) is 0 Å². The first kappa shape index (κ1) is 12.9. The van der Waals surface area contributed by atoms with Crippen molar-refractivity contribution in [1.82, 2.24) is 0 Å². The third-order valence-electron chi connectivity index (χ3n) is 1.44. The number of hydrogen-bond acceptors (Lipinski definition) is 3. The van der Waals surface area contributed by atoms with Crippen LogP contribution in [0, 0.1) is 0 Å². The Morgan fingerprint density at radius 1 is 1.36 bits per heavy atom. The summed E-state index contributed by atoms with van der Waals surface area (Å²) < 4.78 is 10.3. The molecule has 3 heteroatoms. The van der Waals surface area contributed by atoms with Crippen molar-refractivity contribution in [2.24, 2.45) is 0 Å². The van der Waals surface area contributed by atoms with Gasteiger partial charge in [-0.05, 0) is 13.8 Å². The summed E-state index contributed by atoms with van der Waals surface area (Å²) in [5, 5.41) is 0. The van der Waals surface area contributed by atoms with Crippen molar-refractivity contribution in [3.05, 3.63) is 24.3 Å². The molecule has 0 aliphatic rings. The maximum absolute atomic E-state index is 11.1. The van der Waals surface area contributed by atoms with Crippen LogP contribution in [0.4, 0.5) is 0 Å². The summed E-state index contributed by atoms with van der Waals surface area (Å²) in [5.74, 6) is -0.418. The second kappa shape index (κ2) is 6.38. The Kier molecular flexibility index (Phi) is 5.88. The molecule has 14 heavy (non-hydrogen) atoms. The van der Waals surface area contributed by atoms with Crippen LogP contribution in [0.3, 0.4) is 0 Å². The average molecular weight is 198 g/mol. The molecule has 0 aromatic heterocycles. The Bertz CT molecular complexity index is 231. The second-order valence-corrected chi connectivity index (χ2v) is 3.29. The minimum absolute atomic E-state index is 0.377. The molecule has 1 unspecified atom stereocenters. The van der Waals surface area contributed by atoms with Crippen molar-refractivity contribution >= 4 is 5.97 Å². The van der Waals surface area contributed by atoms with Crippen LogP contribution < -0.4 is 0 Å². The second-order valence-electron chi connectivity index (χ2n) is 3.29. The van der Waals surface area contributed by atoms with E-state index in [2.05, 4.69) is 13.2 Å². The van der Waals surface area contributed by atoms with Gasteiger partial charge in [0.05, 0.1) is 6.61 Å². The third-order valence-corrected chi connectivity index (χ3v) is 1.44. The van der Waals surface area contributed by atoms with E-state index in [-0.39, 0.29) is 0 Å². The highest BCUT2D eigenvalue weighted by atomic mass is 16.7. The van der Waals surface area contributed by atoms with Gasteiger partial charge in [0, 0.05) is 12.0 Å². The van der Waals surface area contributed by atoms with Crippen molar-refractivity contribution in [1.29, 1.82) is 0 Å². The number of carbonyl (C=O) groups is 1. The lowest BCUT2D eigenvalue weighted by Crippen LogP contribution is -2.21. The van der Waals surface area contributed by atoms with Crippen LogP contribution in [0.25, 0.3) is 0 Å². The number of ether oxygens (including phenoxy) is 2. The summed E-state index contributed by atoms with van der Waals surface area (Å²) in [6, 6.07) is 0. The van der Waals surface area contributed by atoms with Crippen LogP contribution in [0.1, 0.15) is 27.2 Å². The van der Waals surface area contributed by atoms with Crippen molar-refractivity contribution in [2.75, 3.05) is 6.61 Å². The topological polar surface area (TPSA) is 35.5 Å². The summed E-state index contributed by atoms with van der Waals surface area (Å²) in [4.78, 5) is 11.1. The zero-order valence-corrected chi connectivity index (χ0v) is 9.13. The summed E-state index contributed by atoms with van der Waals surface area (Å²) >= 11 is 0. The molecule has 1 atom stereocenters. The molecule has 0 bridgehead atoms. The first-order valence-electron chi connectivity index (χ1n) is 4.59. The van der Waals surface area contributed by atoms with E-state index in [4.69, 9.17) is 9.47 Å². The molecule has 0 saturated carbocycles. The predicted molar refractivity (Wildman–Crippen MR) is 55.8 cm³/mol. The van der Waals surface area contributed by atoms with E-state index in [1.807, 2.05) is 13.8 Å². The largest absolute Gasteiger partial charge is 0.432 e. The fourth-order valence-corrected chi connectivity index (χ4v) is 0.690. The minimum Gasteiger partial charge on any atom is -0.432 e. The maximum Gasteiger partial charge on any atom is 0.335 e. The van der Waals surface area contributed by atoms with Crippen molar-refractivity contribution in [2.45, 2.75) is 33.5 Å². The SMILES string of the molecule is C=C(C)COC(CC)OC(=O)C(=C)C. The van der Waals surface area contributed by atoms with Gasteiger partial charge < -0.3 is 9.47 Å². The van der Waals surface area contributed by atoms with Crippen LogP contribution in [0.15, 0.2) is 24.3 Å². The molecule has 0 heterocycles. The van der Waals surface area contributed by atoms with Gasteiger partial charge >= 0.3 is 5.97 Å². The number of hydrogen-bond donors (Lipinski definition) is 0. The Hall–Kier alpha value is -1.09. The molecular weight excluding hydrogens is 180 g/mol. The van der Waals surface area contributed by atoms with E-state index in [0.717, 1.165) is 5.57 Å². The Morgan fingerprint density at radius 3 is 2.29 bits per heavy atom. The zero-order valence-electron chi connectivity index (χ0n) is 9.13. The fraction of sp³-hybridized carbons (Fsp3) is 0.545. The van der Waals surface area contributed by atoms with Crippen LogP contribution in [-0.2, 0) is 14.3 Å². The average Bonchev–Trinajstić information content (AvgIpc) is 2.11. The Labute approximate surface area is 85.4 Å². The Balaban J connectivity index is 3.96. The van der Waals surface area contributed by atoms with E-state index in [0.29, 0.717) is 18.6 Å². The van der Waals surface area contributed by atoms with E-state index >= 15 is 0 Å². The van der Waals surface area contributed by atoms with E-state index in [9.17, 15) is 4.79 Å². The van der Waals surface area contributed by atoms with Gasteiger partial charge in [-0.25, -0.2) is 4.79 Å². The van der Waals surface area contributed by atoms with Crippen molar-refractivity contribution < 1.29 is 14.3 Å². The predicted octanol–water partition coefficient (Wildman–Crippen LogP) is 2.43. The molecule has 0 spiro atoms. The zero-order chi connectivity index (χ0) is 11.1. The summed E-state index contributed by atoms with van der Waals surface area (Å²) in [6.07, 6.45) is 0.114. The highest BCUT2D eigenvalue weighted by Gasteiger charge is 2.12. The molecule has 0 N–H and O–H groups in total. The molecule has 0 radical (unpaired) electrons. The lowest BCUT2D eigenvalue weighted by Gasteiger charge is -2.16. The lowest BCUT2D eigenvalue weighted by molar-refractivity contribution is -0.172. The maximum atomic E-state index is 11.1. The molecule has 0 aliphatic heterocycles. The normalized spacial score (nSPS) is 11.9. The summed E-state index contributed by atoms with van der Waals surface area (Å²) in [6.45, 7) is 12.9. The minimum atomic E-state index is -0.504. The first-order chi connectivity index (χ1) is 6.47. The molecule has 0 rings (SSSR count). The van der Waals surface area contributed by atoms with Crippen LogP contribution in [-0.4, -0.2) is 18.9 Å². The summed E-state index contributed by atoms with van der Waals surface area (Å²) in [7, 11) is 0. The molecule has 0 fully saturated rings. The Morgan fingerprint density at radius 2 is 1.93 bits per heavy atom. The van der Waals surface area contributed by atoms with E-state index in [1.165, 1.54) is 0 Å². The molecule has 3 nitrogen and oxygen atoms in total. The molecule has 0 amide bonds. The number of carbonyl (C=O) groups excluding carboxylic acids is 1. The fourth-order valence-electron chi connectivity index (χ4n) is 0.690. The van der Waals surface area contributed by atoms with Gasteiger partial charge in [0.2, 0.25) is 6.29 Å². The monoisotopic (exact) mass is 198 g/mol. The van der Waals surface area contributed by atoms with E-state index < -0.39 is 12.3 Å². The van der Waals surface area contributed by atoms with Crippen LogP contribution >= 0.6 is 0 Å². The molecule has 0 aliphatic carbocycles. The quantitative estimate of drug-likeness (QED) is 0.284. The standard InChI is InChI=1S/C11H18O3/c1-6-10(13-7-8(2)3)14-11(12)9(4)5/h10H,2,4,6-7H2,1,3,5H3. The van der Waals surface area contributed by atoms with Crippen molar-refractivity contribution in [3.63, 3.8) is 0 Å². The molecule has 0 saturated heterocycles. The number of rotatable bonds is 6. The lowest BCUT2D eigenvalue weighted by atomic mass is 10.3. The van der Waals surface area contributed by atoms with Gasteiger partial charge in [-0.1, -0.05) is 25.7 Å². The van der Waals surface area contributed by atoms with Crippen molar-refractivity contribution in [3.8, 4) is 0 Å². The summed E-state index contributed by atoms with van der Waals surface area (Å²) in [5.41, 5.74) is 1.28. The molecule has 0 aromatic carbocycles. The molecular formula is C11H18O3. The number of esters is 1.